The number of alkyl carbamates (subject to hydrolysis) is 1. The predicted octanol–water partition coefficient (Wildman–Crippen LogP) is 4.02. The predicted molar refractivity (Wildman–Crippen MR) is 70.1 cm³/mol. The fourth-order valence-electron chi connectivity index (χ4n) is 2.53. The van der Waals surface area contributed by atoms with E-state index in [0.29, 0.717) is 6.04 Å². The van der Waals surface area contributed by atoms with Crippen molar-refractivity contribution in [2.45, 2.75) is 76.7 Å². The van der Waals surface area contributed by atoms with Gasteiger partial charge in [0.2, 0.25) is 0 Å². The number of hydrogen-bond acceptors (Lipinski definition) is 2. The Hall–Kier alpha value is -0.730. The summed E-state index contributed by atoms with van der Waals surface area (Å²) in [6, 6.07) is 0.321. The number of nitrogens with one attached hydrogen (secondary N) is 1. The topological polar surface area (TPSA) is 38.3 Å². The van der Waals surface area contributed by atoms with Gasteiger partial charge in [-0.3, -0.25) is 0 Å². The van der Waals surface area contributed by atoms with Gasteiger partial charge in [0.25, 0.3) is 0 Å². The third kappa shape index (κ3) is 7.24. The first kappa shape index (κ1) is 14.3. The molecule has 1 saturated carbocycles. The van der Waals surface area contributed by atoms with Crippen molar-refractivity contribution in [2.75, 3.05) is 7.11 Å². The molecule has 0 bridgehead atoms. The summed E-state index contributed by atoms with van der Waals surface area (Å²) in [5.74, 6) is 0. The Morgan fingerprint density at radius 1 is 0.882 bits per heavy atom. The summed E-state index contributed by atoms with van der Waals surface area (Å²) in [5, 5.41) is 2.96. The van der Waals surface area contributed by atoms with Gasteiger partial charge < -0.3 is 10.1 Å². The highest BCUT2D eigenvalue weighted by Crippen LogP contribution is 2.16. The molecule has 0 unspecified atom stereocenters. The minimum absolute atomic E-state index is 0.276. The Morgan fingerprint density at radius 2 is 1.29 bits per heavy atom. The lowest BCUT2D eigenvalue weighted by molar-refractivity contribution is 0.164. The van der Waals surface area contributed by atoms with E-state index in [1.165, 1.54) is 64.9 Å². The SMILES string of the molecule is COC(=O)NC1CCCCCCCCCCC1. The van der Waals surface area contributed by atoms with Gasteiger partial charge in [0.1, 0.15) is 0 Å². The molecule has 1 amide bonds. The van der Waals surface area contributed by atoms with Gasteiger partial charge in [-0.2, -0.15) is 0 Å². The Morgan fingerprint density at radius 3 is 1.71 bits per heavy atom. The van der Waals surface area contributed by atoms with Crippen molar-refractivity contribution in [3.8, 4) is 0 Å². The van der Waals surface area contributed by atoms with Crippen LogP contribution in [-0.2, 0) is 4.74 Å². The van der Waals surface area contributed by atoms with Crippen LogP contribution < -0.4 is 5.32 Å². The van der Waals surface area contributed by atoms with Gasteiger partial charge in [-0.15, -0.1) is 0 Å². The summed E-state index contributed by atoms with van der Waals surface area (Å²) in [6.45, 7) is 0. The normalized spacial score (nSPS) is 21.0. The molecule has 1 fully saturated rings. The van der Waals surface area contributed by atoms with Crippen LogP contribution in [0.25, 0.3) is 0 Å². The Balaban J connectivity index is 2.29. The fourth-order valence-corrected chi connectivity index (χ4v) is 2.53. The van der Waals surface area contributed by atoms with Gasteiger partial charge in [-0.05, 0) is 12.8 Å². The van der Waals surface area contributed by atoms with E-state index in [1.807, 2.05) is 0 Å². The quantitative estimate of drug-likeness (QED) is 0.753. The first-order valence-corrected chi connectivity index (χ1v) is 7.17. The van der Waals surface area contributed by atoms with Gasteiger partial charge in [-0.25, -0.2) is 4.79 Å². The van der Waals surface area contributed by atoms with Crippen LogP contribution in [0.3, 0.4) is 0 Å². The summed E-state index contributed by atoms with van der Waals surface area (Å²) in [5.41, 5.74) is 0. The molecular weight excluding hydrogens is 214 g/mol. The molecule has 0 spiro atoms. The fraction of sp³-hybridized carbons (Fsp3) is 0.929. The molecule has 1 rings (SSSR count). The number of rotatable bonds is 1. The Bertz CT molecular complexity index is 194. The van der Waals surface area contributed by atoms with E-state index in [2.05, 4.69) is 10.1 Å². The first-order chi connectivity index (χ1) is 8.33. The molecule has 1 aliphatic rings. The van der Waals surface area contributed by atoms with Gasteiger partial charge >= 0.3 is 6.09 Å². The molecule has 1 N–H and O–H groups in total. The highest BCUT2D eigenvalue weighted by atomic mass is 16.5. The van der Waals surface area contributed by atoms with E-state index < -0.39 is 0 Å². The molecule has 0 aromatic rings. The van der Waals surface area contributed by atoms with E-state index in [9.17, 15) is 4.79 Å². The molecule has 17 heavy (non-hydrogen) atoms. The number of methoxy groups -OCH3 is 1. The molecular formula is C14H27NO2. The highest BCUT2D eigenvalue weighted by molar-refractivity contribution is 5.67. The van der Waals surface area contributed by atoms with Crippen LogP contribution in [-0.4, -0.2) is 19.2 Å². The molecule has 0 heterocycles. The second kappa shape index (κ2) is 9.32. The standard InChI is InChI=1S/C14H27NO2/c1-17-14(16)15-13-11-9-7-5-3-2-4-6-8-10-12-13/h13H,2-12H2,1H3,(H,15,16). The van der Waals surface area contributed by atoms with Crippen LogP contribution in [0, 0.1) is 0 Å². The summed E-state index contributed by atoms with van der Waals surface area (Å²) >= 11 is 0. The first-order valence-electron chi connectivity index (χ1n) is 7.17. The summed E-state index contributed by atoms with van der Waals surface area (Å²) < 4.78 is 4.68. The highest BCUT2D eigenvalue weighted by Gasteiger charge is 2.12. The monoisotopic (exact) mass is 241 g/mol. The van der Waals surface area contributed by atoms with Crippen molar-refractivity contribution in [3.63, 3.8) is 0 Å². The number of amides is 1. The zero-order valence-electron chi connectivity index (χ0n) is 11.2. The Labute approximate surface area is 105 Å². The maximum Gasteiger partial charge on any atom is 0.407 e. The van der Waals surface area contributed by atoms with Crippen LogP contribution in [0.2, 0.25) is 0 Å². The van der Waals surface area contributed by atoms with Crippen molar-refractivity contribution in [2.24, 2.45) is 0 Å². The third-order valence-corrected chi connectivity index (χ3v) is 3.61. The van der Waals surface area contributed by atoms with Crippen LogP contribution in [0.1, 0.15) is 70.6 Å². The summed E-state index contributed by atoms with van der Waals surface area (Å²) in [4.78, 5) is 11.2. The molecule has 100 valence electrons. The smallest absolute Gasteiger partial charge is 0.407 e. The largest absolute Gasteiger partial charge is 0.453 e. The molecule has 0 saturated heterocycles. The van der Waals surface area contributed by atoms with Crippen molar-refractivity contribution >= 4 is 6.09 Å². The van der Waals surface area contributed by atoms with E-state index in [1.54, 1.807) is 0 Å². The molecule has 0 aromatic carbocycles. The van der Waals surface area contributed by atoms with Gasteiger partial charge in [0.15, 0.2) is 0 Å². The van der Waals surface area contributed by atoms with E-state index in [0.717, 1.165) is 12.8 Å². The van der Waals surface area contributed by atoms with E-state index >= 15 is 0 Å². The lowest BCUT2D eigenvalue weighted by atomic mass is 9.98. The number of carbonyl (C=O) groups is 1. The minimum Gasteiger partial charge on any atom is -0.453 e. The number of carbonyl (C=O) groups excluding carboxylic acids is 1. The summed E-state index contributed by atoms with van der Waals surface area (Å²) in [7, 11) is 1.44. The maximum atomic E-state index is 11.2. The Kier molecular flexibility index (Phi) is 7.85. The van der Waals surface area contributed by atoms with Crippen LogP contribution in [0.15, 0.2) is 0 Å². The van der Waals surface area contributed by atoms with Crippen LogP contribution in [0.5, 0.6) is 0 Å². The number of hydrogen-bond donors (Lipinski definition) is 1. The van der Waals surface area contributed by atoms with Gasteiger partial charge in [-0.1, -0.05) is 57.8 Å². The molecule has 1 aliphatic carbocycles. The average molecular weight is 241 g/mol. The number of ether oxygens (including phenoxy) is 1. The molecule has 3 nitrogen and oxygen atoms in total. The molecule has 3 heteroatoms. The molecule has 0 radical (unpaired) electrons. The molecule has 0 aromatic heterocycles. The zero-order chi connectivity index (χ0) is 12.3. The maximum absolute atomic E-state index is 11.2. The molecule has 0 aliphatic heterocycles. The second-order valence-corrected chi connectivity index (χ2v) is 5.09. The zero-order valence-corrected chi connectivity index (χ0v) is 11.2. The van der Waals surface area contributed by atoms with Crippen LogP contribution in [0.4, 0.5) is 4.79 Å². The van der Waals surface area contributed by atoms with Gasteiger partial charge in [0, 0.05) is 6.04 Å². The van der Waals surface area contributed by atoms with E-state index in [-0.39, 0.29) is 6.09 Å². The summed E-state index contributed by atoms with van der Waals surface area (Å²) in [6.07, 6.45) is 13.9. The second-order valence-electron chi connectivity index (χ2n) is 5.09. The minimum atomic E-state index is -0.276. The van der Waals surface area contributed by atoms with Crippen molar-refractivity contribution in [1.29, 1.82) is 0 Å². The van der Waals surface area contributed by atoms with Crippen molar-refractivity contribution < 1.29 is 9.53 Å². The van der Waals surface area contributed by atoms with Crippen molar-refractivity contribution in [3.05, 3.63) is 0 Å². The molecule has 0 atom stereocenters. The lowest BCUT2D eigenvalue weighted by Crippen LogP contribution is -2.34. The van der Waals surface area contributed by atoms with Crippen LogP contribution >= 0.6 is 0 Å². The average Bonchev–Trinajstić information content (AvgIpc) is 2.32. The lowest BCUT2D eigenvalue weighted by Gasteiger charge is -2.18. The van der Waals surface area contributed by atoms with Gasteiger partial charge in [0.05, 0.1) is 7.11 Å². The third-order valence-electron chi connectivity index (χ3n) is 3.61. The van der Waals surface area contributed by atoms with E-state index in [4.69, 9.17) is 0 Å². The van der Waals surface area contributed by atoms with Crippen molar-refractivity contribution in [1.82, 2.24) is 5.32 Å².